The van der Waals surface area contributed by atoms with Crippen LogP contribution in [0.5, 0.6) is 5.75 Å². The van der Waals surface area contributed by atoms with Crippen molar-refractivity contribution in [3.05, 3.63) is 48.0 Å². The SMILES string of the molecule is COc1cncc(-c2ccc(F)c(C3(C)CN(C)C(=O)C(N)=N3)c2)c1. The summed E-state index contributed by atoms with van der Waals surface area (Å²) in [6.45, 7) is 2.00. The molecule has 3 rings (SSSR count). The highest BCUT2D eigenvalue weighted by Crippen LogP contribution is 2.34. The number of pyridine rings is 1. The Morgan fingerprint density at radius 3 is 2.72 bits per heavy atom. The molecule has 1 aliphatic rings. The van der Waals surface area contributed by atoms with Gasteiger partial charge in [0.05, 0.1) is 19.9 Å². The minimum Gasteiger partial charge on any atom is -0.495 e. The van der Waals surface area contributed by atoms with Crippen molar-refractivity contribution in [3.63, 3.8) is 0 Å². The third-order valence-electron chi connectivity index (χ3n) is 4.31. The molecule has 2 aromatic rings. The predicted octanol–water partition coefficient (Wildman–Crippen LogP) is 1.94. The molecule has 130 valence electrons. The molecule has 1 amide bonds. The van der Waals surface area contributed by atoms with Crippen LogP contribution >= 0.6 is 0 Å². The molecule has 1 aromatic heterocycles. The Morgan fingerprint density at radius 1 is 1.28 bits per heavy atom. The van der Waals surface area contributed by atoms with E-state index in [-0.39, 0.29) is 18.3 Å². The minimum atomic E-state index is -0.959. The number of amidine groups is 1. The maximum Gasteiger partial charge on any atom is 0.288 e. The zero-order valence-corrected chi connectivity index (χ0v) is 14.3. The van der Waals surface area contributed by atoms with Crippen molar-refractivity contribution in [1.82, 2.24) is 9.88 Å². The molecular formula is C18H19FN4O2. The molecule has 0 saturated heterocycles. The van der Waals surface area contributed by atoms with Gasteiger partial charge in [-0.15, -0.1) is 0 Å². The van der Waals surface area contributed by atoms with Crippen LogP contribution in [-0.4, -0.2) is 42.3 Å². The van der Waals surface area contributed by atoms with E-state index in [4.69, 9.17) is 10.5 Å². The number of methoxy groups -OCH3 is 1. The fraction of sp³-hybridized carbons (Fsp3) is 0.278. The Hall–Kier alpha value is -2.96. The summed E-state index contributed by atoms with van der Waals surface area (Å²) in [6, 6.07) is 6.59. The number of hydrogen-bond acceptors (Lipinski definition) is 5. The van der Waals surface area contributed by atoms with E-state index < -0.39 is 11.4 Å². The first-order valence-corrected chi connectivity index (χ1v) is 7.74. The summed E-state index contributed by atoms with van der Waals surface area (Å²) in [5.41, 5.74) is 6.71. The number of nitrogens with zero attached hydrogens (tertiary/aromatic N) is 3. The van der Waals surface area contributed by atoms with Gasteiger partial charge in [0, 0.05) is 24.4 Å². The Morgan fingerprint density at radius 2 is 2.04 bits per heavy atom. The van der Waals surface area contributed by atoms with E-state index in [2.05, 4.69) is 9.98 Å². The number of ether oxygens (including phenoxy) is 1. The number of hydrogen-bond donors (Lipinski definition) is 1. The van der Waals surface area contributed by atoms with Gasteiger partial charge in [0.2, 0.25) is 0 Å². The van der Waals surface area contributed by atoms with Crippen LogP contribution in [0.1, 0.15) is 12.5 Å². The minimum absolute atomic E-state index is 0.121. The molecule has 1 aliphatic heterocycles. The number of likely N-dealkylation sites (N-methyl/N-ethyl adjacent to an activating group) is 1. The van der Waals surface area contributed by atoms with Gasteiger partial charge in [0.1, 0.15) is 17.1 Å². The van der Waals surface area contributed by atoms with Gasteiger partial charge in [-0.05, 0) is 30.7 Å². The van der Waals surface area contributed by atoms with Crippen molar-refractivity contribution < 1.29 is 13.9 Å². The van der Waals surface area contributed by atoms with Gasteiger partial charge in [-0.3, -0.25) is 14.8 Å². The van der Waals surface area contributed by atoms with Gasteiger partial charge in [-0.25, -0.2) is 4.39 Å². The summed E-state index contributed by atoms with van der Waals surface area (Å²) in [6.07, 6.45) is 3.28. The first-order valence-electron chi connectivity index (χ1n) is 7.74. The van der Waals surface area contributed by atoms with E-state index in [1.54, 1.807) is 45.6 Å². The van der Waals surface area contributed by atoms with Crippen LogP contribution in [0.2, 0.25) is 0 Å². The molecule has 1 aromatic carbocycles. The van der Waals surface area contributed by atoms with Crippen molar-refractivity contribution in [1.29, 1.82) is 0 Å². The summed E-state index contributed by atoms with van der Waals surface area (Å²) in [5, 5.41) is 0. The highest BCUT2D eigenvalue weighted by Gasteiger charge is 2.37. The Bertz CT molecular complexity index is 868. The lowest BCUT2D eigenvalue weighted by atomic mass is 9.88. The number of halogens is 1. The number of amides is 1. The van der Waals surface area contributed by atoms with Gasteiger partial charge >= 0.3 is 0 Å². The summed E-state index contributed by atoms with van der Waals surface area (Å²) < 4.78 is 19.7. The third kappa shape index (κ3) is 3.05. The van der Waals surface area contributed by atoms with Crippen LogP contribution in [0.4, 0.5) is 4.39 Å². The largest absolute Gasteiger partial charge is 0.495 e. The lowest BCUT2D eigenvalue weighted by molar-refractivity contribution is -0.124. The summed E-state index contributed by atoms with van der Waals surface area (Å²) >= 11 is 0. The predicted molar refractivity (Wildman–Crippen MR) is 92.8 cm³/mol. The zero-order chi connectivity index (χ0) is 18.2. The number of benzene rings is 1. The maximum absolute atomic E-state index is 14.6. The smallest absolute Gasteiger partial charge is 0.288 e. The fourth-order valence-electron chi connectivity index (χ4n) is 3.03. The van der Waals surface area contributed by atoms with Crippen molar-refractivity contribution >= 4 is 11.7 Å². The van der Waals surface area contributed by atoms with Crippen molar-refractivity contribution in [2.45, 2.75) is 12.5 Å². The molecule has 0 bridgehead atoms. The average molecular weight is 342 g/mol. The van der Waals surface area contributed by atoms with Crippen LogP contribution in [0.25, 0.3) is 11.1 Å². The quantitative estimate of drug-likeness (QED) is 0.924. The normalized spacial score (nSPS) is 20.4. The monoisotopic (exact) mass is 342 g/mol. The van der Waals surface area contributed by atoms with Crippen molar-refractivity contribution in [3.8, 4) is 16.9 Å². The lowest BCUT2D eigenvalue weighted by Gasteiger charge is -2.35. The first kappa shape index (κ1) is 16.9. The van der Waals surface area contributed by atoms with Gasteiger partial charge in [0.25, 0.3) is 5.91 Å². The van der Waals surface area contributed by atoms with E-state index in [1.807, 2.05) is 6.07 Å². The second-order valence-corrected chi connectivity index (χ2v) is 6.24. The Kier molecular flexibility index (Phi) is 4.16. The lowest BCUT2D eigenvalue weighted by Crippen LogP contribution is -2.50. The van der Waals surface area contributed by atoms with Gasteiger partial charge < -0.3 is 15.4 Å². The number of aliphatic imine (C=N–C) groups is 1. The second-order valence-electron chi connectivity index (χ2n) is 6.24. The molecule has 2 heterocycles. The topological polar surface area (TPSA) is 80.8 Å². The van der Waals surface area contributed by atoms with E-state index >= 15 is 0 Å². The maximum atomic E-state index is 14.6. The van der Waals surface area contributed by atoms with Crippen LogP contribution in [0, 0.1) is 5.82 Å². The molecule has 0 fully saturated rings. The van der Waals surface area contributed by atoms with E-state index in [0.717, 1.165) is 11.1 Å². The molecular weight excluding hydrogens is 323 g/mol. The fourth-order valence-corrected chi connectivity index (χ4v) is 3.03. The number of nitrogens with two attached hydrogens (primary N) is 1. The molecule has 1 atom stereocenters. The first-order chi connectivity index (χ1) is 11.8. The van der Waals surface area contributed by atoms with Crippen LogP contribution in [0.15, 0.2) is 41.7 Å². The molecule has 25 heavy (non-hydrogen) atoms. The zero-order valence-electron chi connectivity index (χ0n) is 14.3. The van der Waals surface area contributed by atoms with Crippen LogP contribution in [0.3, 0.4) is 0 Å². The molecule has 0 radical (unpaired) electrons. The van der Waals surface area contributed by atoms with Gasteiger partial charge in [-0.1, -0.05) is 6.07 Å². The molecule has 7 heteroatoms. The highest BCUT2D eigenvalue weighted by atomic mass is 19.1. The van der Waals surface area contributed by atoms with E-state index in [1.165, 1.54) is 11.0 Å². The summed E-state index contributed by atoms with van der Waals surface area (Å²) in [4.78, 5) is 21.7. The number of aromatic nitrogens is 1. The third-order valence-corrected chi connectivity index (χ3v) is 4.31. The average Bonchev–Trinajstić information content (AvgIpc) is 2.60. The number of carbonyl (C=O) groups is 1. The van der Waals surface area contributed by atoms with Gasteiger partial charge in [0.15, 0.2) is 5.84 Å². The summed E-state index contributed by atoms with van der Waals surface area (Å²) in [7, 11) is 3.18. The Labute approximate surface area is 145 Å². The van der Waals surface area contributed by atoms with E-state index in [0.29, 0.717) is 11.3 Å². The van der Waals surface area contributed by atoms with Crippen LogP contribution < -0.4 is 10.5 Å². The second kappa shape index (κ2) is 6.16. The van der Waals surface area contributed by atoms with E-state index in [9.17, 15) is 9.18 Å². The molecule has 6 nitrogen and oxygen atoms in total. The molecule has 0 spiro atoms. The Balaban J connectivity index is 2.10. The molecule has 0 aliphatic carbocycles. The molecule has 2 N–H and O–H groups in total. The van der Waals surface area contributed by atoms with Crippen molar-refractivity contribution in [2.24, 2.45) is 10.7 Å². The van der Waals surface area contributed by atoms with Crippen LogP contribution in [-0.2, 0) is 10.3 Å². The van der Waals surface area contributed by atoms with Gasteiger partial charge in [-0.2, -0.15) is 0 Å². The standard InChI is InChI=1S/C18H19FN4O2/c1-18(10-23(2)17(24)16(20)22-18)14-7-11(4-5-15(14)19)12-6-13(25-3)9-21-8-12/h4-9H,10H2,1-3H3,(H2,20,22). The highest BCUT2D eigenvalue weighted by molar-refractivity contribution is 6.37. The number of rotatable bonds is 3. The molecule has 0 saturated carbocycles. The number of carbonyl (C=O) groups excluding carboxylic acids is 1. The summed E-state index contributed by atoms with van der Waals surface area (Å²) in [5.74, 6) is -0.267. The molecule has 1 unspecified atom stereocenters. The van der Waals surface area contributed by atoms with Crippen molar-refractivity contribution in [2.75, 3.05) is 20.7 Å².